The predicted octanol–water partition coefficient (Wildman–Crippen LogP) is 5.51. The molecule has 1 aliphatic heterocycles. The second-order valence-electron chi connectivity index (χ2n) is 7.91. The second kappa shape index (κ2) is 11.6. The minimum absolute atomic E-state index is 0.0880. The van der Waals surface area contributed by atoms with Gasteiger partial charge in [-0.1, -0.05) is 50.1 Å². The van der Waals surface area contributed by atoms with Crippen LogP contribution in [0.2, 0.25) is 0 Å². The van der Waals surface area contributed by atoms with Gasteiger partial charge in [0, 0.05) is 36.1 Å². The minimum atomic E-state index is 0.0880. The molecule has 2 heterocycles. The Kier molecular flexibility index (Phi) is 8.58. The third kappa shape index (κ3) is 5.97. The van der Waals surface area contributed by atoms with E-state index in [4.69, 9.17) is 4.99 Å². The zero-order chi connectivity index (χ0) is 23.8. The Hall–Kier alpha value is -3.22. The van der Waals surface area contributed by atoms with Gasteiger partial charge in [0.05, 0.1) is 22.8 Å². The highest BCUT2D eigenvalue weighted by Gasteiger charge is 2.24. The Bertz CT molecular complexity index is 1080. The number of benzene rings is 1. The first kappa shape index (κ1) is 24.4. The van der Waals surface area contributed by atoms with Crippen molar-refractivity contribution >= 4 is 28.6 Å². The number of hydrogen-bond acceptors (Lipinski definition) is 5. The van der Waals surface area contributed by atoms with Crippen LogP contribution in [0.25, 0.3) is 10.4 Å². The molecule has 1 unspecified atom stereocenters. The number of anilines is 1. The van der Waals surface area contributed by atoms with E-state index in [2.05, 4.69) is 43.4 Å². The number of nitrogens with zero attached hydrogens (tertiary/aromatic N) is 2. The van der Waals surface area contributed by atoms with Gasteiger partial charge in [-0.25, -0.2) is 0 Å². The molecule has 33 heavy (non-hydrogen) atoms. The van der Waals surface area contributed by atoms with Crippen molar-refractivity contribution in [2.75, 3.05) is 31.5 Å². The molecule has 0 saturated carbocycles. The van der Waals surface area contributed by atoms with E-state index in [1.165, 1.54) is 0 Å². The van der Waals surface area contributed by atoms with Gasteiger partial charge in [0.25, 0.3) is 5.91 Å². The van der Waals surface area contributed by atoms with Crippen LogP contribution in [-0.2, 0) is 0 Å². The summed E-state index contributed by atoms with van der Waals surface area (Å²) in [5.41, 5.74) is 4.70. The summed E-state index contributed by atoms with van der Waals surface area (Å²) in [4.78, 5) is 21.8. The molecule has 1 atom stereocenters. The summed E-state index contributed by atoms with van der Waals surface area (Å²) in [6, 6.07) is 10.2. The van der Waals surface area contributed by atoms with E-state index in [0.29, 0.717) is 6.54 Å². The Morgan fingerprint density at radius 1 is 1.30 bits per heavy atom. The number of carbonyl (C=O) groups is 1. The number of hydrogen-bond donors (Lipinski definition) is 2. The van der Waals surface area contributed by atoms with Gasteiger partial charge >= 0.3 is 0 Å². The van der Waals surface area contributed by atoms with Crippen LogP contribution >= 0.6 is 11.3 Å². The molecular formula is C27H32N4OS. The van der Waals surface area contributed by atoms with Crippen LogP contribution < -0.4 is 10.6 Å². The molecule has 1 aliphatic rings. The monoisotopic (exact) mass is 460 g/mol. The quantitative estimate of drug-likeness (QED) is 0.383. The molecule has 1 amide bonds. The summed E-state index contributed by atoms with van der Waals surface area (Å²) < 4.78 is 0. The zero-order valence-corrected chi connectivity index (χ0v) is 20.3. The minimum Gasteiger partial charge on any atom is -0.361 e. The lowest BCUT2D eigenvalue weighted by Gasteiger charge is -2.34. The standard InChI is InChI=1S/C27H32N4OS/c1-6-9-21(7-2)18-30-20(5)26-24(29-8-3)16-25(33-26)22-10-12-23(13-11-22)27(32)31-15-14-28-17-19(31)4/h6-13,16,19,28-29H,1-3,14-15,17-18H2,4-5H3/b21-9+,30-20?. The first-order chi connectivity index (χ1) is 16.0. The van der Waals surface area contributed by atoms with Crippen molar-refractivity contribution in [1.82, 2.24) is 10.2 Å². The maximum Gasteiger partial charge on any atom is 0.254 e. The van der Waals surface area contributed by atoms with Gasteiger partial charge in [-0.05, 0) is 49.4 Å². The molecule has 1 aromatic carbocycles. The highest BCUT2D eigenvalue weighted by Crippen LogP contribution is 2.35. The highest BCUT2D eigenvalue weighted by atomic mass is 32.1. The molecule has 2 N–H and O–H groups in total. The van der Waals surface area contributed by atoms with Crippen LogP contribution in [0, 0.1) is 0 Å². The normalized spacial score (nSPS) is 16.9. The fraction of sp³-hybridized carbons (Fsp3) is 0.259. The Morgan fingerprint density at radius 3 is 2.70 bits per heavy atom. The van der Waals surface area contributed by atoms with Crippen molar-refractivity contribution in [2.45, 2.75) is 19.9 Å². The Morgan fingerprint density at radius 2 is 2.06 bits per heavy atom. The first-order valence-electron chi connectivity index (χ1n) is 11.1. The van der Waals surface area contributed by atoms with Gasteiger partial charge in [0.1, 0.15) is 0 Å². The molecule has 0 radical (unpaired) electrons. The van der Waals surface area contributed by atoms with Crippen molar-refractivity contribution in [3.8, 4) is 10.4 Å². The van der Waals surface area contributed by atoms with Crippen LogP contribution in [0.5, 0.6) is 0 Å². The maximum absolute atomic E-state index is 12.9. The van der Waals surface area contributed by atoms with Gasteiger partial charge in [-0.3, -0.25) is 9.79 Å². The van der Waals surface area contributed by atoms with E-state index in [1.807, 2.05) is 42.2 Å². The Balaban J connectivity index is 1.84. The number of aliphatic imine (C=N–C) groups is 1. The average Bonchev–Trinajstić information content (AvgIpc) is 3.26. The number of allylic oxidation sites excluding steroid dienone is 2. The maximum atomic E-state index is 12.9. The summed E-state index contributed by atoms with van der Waals surface area (Å²) >= 11 is 1.67. The lowest BCUT2D eigenvalue weighted by Crippen LogP contribution is -2.52. The molecule has 6 heteroatoms. The molecule has 2 aromatic rings. The molecule has 0 bridgehead atoms. The fourth-order valence-corrected chi connectivity index (χ4v) is 4.81. The summed E-state index contributed by atoms with van der Waals surface area (Å²) in [5.74, 6) is 0.0880. The molecule has 0 spiro atoms. The molecule has 1 fully saturated rings. The molecule has 1 aromatic heterocycles. The van der Waals surface area contributed by atoms with Gasteiger partial charge in [0.15, 0.2) is 0 Å². The largest absolute Gasteiger partial charge is 0.361 e. The SMILES string of the molecule is C=C/C=C(\C=C)CN=C(C)c1sc(-c2ccc(C(=O)N3CCNCC3C)cc2)cc1NC=C. The molecule has 0 aliphatic carbocycles. The number of piperazine rings is 1. The van der Waals surface area contributed by atoms with Crippen molar-refractivity contribution in [1.29, 1.82) is 0 Å². The number of thiophene rings is 1. The summed E-state index contributed by atoms with van der Waals surface area (Å²) in [5, 5.41) is 6.55. The zero-order valence-electron chi connectivity index (χ0n) is 19.4. The molecule has 5 nitrogen and oxygen atoms in total. The van der Waals surface area contributed by atoms with Crippen LogP contribution in [0.15, 0.2) is 85.1 Å². The van der Waals surface area contributed by atoms with E-state index < -0.39 is 0 Å². The molecule has 3 rings (SSSR count). The van der Waals surface area contributed by atoms with Crippen LogP contribution in [0.1, 0.15) is 29.1 Å². The van der Waals surface area contributed by atoms with E-state index in [1.54, 1.807) is 29.7 Å². The fourth-order valence-electron chi connectivity index (χ4n) is 3.72. The van der Waals surface area contributed by atoms with Crippen LogP contribution in [0.3, 0.4) is 0 Å². The van der Waals surface area contributed by atoms with Crippen LogP contribution in [0.4, 0.5) is 5.69 Å². The molecule has 172 valence electrons. The smallest absolute Gasteiger partial charge is 0.254 e. The highest BCUT2D eigenvalue weighted by molar-refractivity contribution is 7.18. The lowest BCUT2D eigenvalue weighted by molar-refractivity contribution is 0.0656. The molecule has 1 saturated heterocycles. The van der Waals surface area contributed by atoms with E-state index >= 15 is 0 Å². The summed E-state index contributed by atoms with van der Waals surface area (Å²) in [6.07, 6.45) is 7.13. The van der Waals surface area contributed by atoms with Crippen molar-refractivity contribution in [3.05, 3.63) is 90.5 Å². The van der Waals surface area contributed by atoms with Crippen LogP contribution in [-0.4, -0.2) is 48.7 Å². The van der Waals surface area contributed by atoms with Crippen molar-refractivity contribution in [2.24, 2.45) is 4.99 Å². The van der Waals surface area contributed by atoms with Gasteiger partial charge in [-0.2, -0.15) is 0 Å². The van der Waals surface area contributed by atoms with Crippen molar-refractivity contribution in [3.63, 3.8) is 0 Å². The number of nitrogens with one attached hydrogen (secondary N) is 2. The Labute approximate surface area is 200 Å². The number of carbonyl (C=O) groups excluding carboxylic acids is 1. The summed E-state index contributed by atoms with van der Waals surface area (Å²) in [6.45, 7) is 18.4. The van der Waals surface area contributed by atoms with E-state index in [0.717, 1.165) is 57.5 Å². The first-order valence-corrected chi connectivity index (χ1v) is 11.9. The van der Waals surface area contributed by atoms with E-state index in [-0.39, 0.29) is 11.9 Å². The van der Waals surface area contributed by atoms with Crippen molar-refractivity contribution < 1.29 is 4.79 Å². The molecular weight excluding hydrogens is 428 g/mol. The van der Waals surface area contributed by atoms with Gasteiger partial charge in [-0.15, -0.1) is 11.3 Å². The van der Waals surface area contributed by atoms with Gasteiger partial charge in [0.2, 0.25) is 0 Å². The number of rotatable bonds is 9. The predicted molar refractivity (Wildman–Crippen MR) is 142 cm³/mol. The van der Waals surface area contributed by atoms with E-state index in [9.17, 15) is 4.79 Å². The third-order valence-corrected chi connectivity index (χ3v) is 6.88. The second-order valence-corrected chi connectivity index (χ2v) is 8.97. The lowest BCUT2D eigenvalue weighted by atomic mass is 10.1. The topological polar surface area (TPSA) is 56.7 Å². The van der Waals surface area contributed by atoms with Gasteiger partial charge < -0.3 is 15.5 Å². The number of amides is 1. The average molecular weight is 461 g/mol. The third-order valence-electron chi connectivity index (χ3n) is 5.59. The summed E-state index contributed by atoms with van der Waals surface area (Å²) in [7, 11) is 0.